The average Bonchev–Trinajstić information content (AvgIpc) is 3.18. The molecule has 3 rings (SSSR count). The van der Waals surface area contributed by atoms with Crippen LogP contribution in [0.4, 0.5) is 10.1 Å². The first-order chi connectivity index (χ1) is 12.9. The molecular formula is C17H17BrFN3O3S2. The molecule has 144 valence electrons. The molecule has 1 N–H and O–H groups in total. The molecule has 1 aromatic carbocycles. The van der Waals surface area contributed by atoms with Crippen LogP contribution in [0.15, 0.2) is 50.9 Å². The van der Waals surface area contributed by atoms with Gasteiger partial charge in [0.1, 0.15) is 10.7 Å². The molecular weight excluding hydrogens is 457 g/mol. The summed E-state index contributed by atoms with van der Waals surface area (Å²) in [7, 11) is -3.50. The smallest absolute Gasteiger partial charge is 0.244 e. The van der Waals surface area contributed by atoms with Gasteiger partial charge in [-0.2, -0.15) is 4.31 Å². The third-order valence-corrected chi connectivity index (χ3v) is 7.29. The highest BCUT2D eigenvalue weighted by molar-refractivity contribution is 9.10. The Hall–Kier alpha value is -1.49. The molecule has 0 aliphatic carbocycles. The number of nitrogens with one attached hydrogen (secondary N) is 1. The third kappa shape index (κ3) is 5.07. The number of sulfonamides is 1. The third-order valence-electron chi connectivity index (χ3n) is 3.97. The van der Waals surface area contributed by atoms with Crippen molar-refractivity contribution in [3.63, 3.8) is 0 Å². The molecule has 1 aliphatic rings. The number of anilines is 1. The van der Waals surface area contributed by atoms with Crippen LogP contribution in [0.25, 0.3) is 0 Å². The van der Waals surface area contributed by atoms with Gasteiger partial charge in [-0.3, -0.25) is 4.79 Å². The predicted molar refractivity (Wildman–Crippen MR) is 106 cm³/mol. The maximum absolute atomic E-state index is 13.7. The number of carbonyl (C=O) groups excluding carboxylic acids is 1. The second-order valence-electron chi connectivity index (χ2n) is 5.90. The first-order valence-electron chi connectivity index (χ1n) is 8.20. The standard InChI is InChI=1S/C17H17BrFN3O3S2/c18-12-3-5-15(14(19)9-12)21-16(23)11-26-17-6-4-13(10-20-17)27(24,25)22-7-1-2-8-22/h3-6,9-10H,1-2,7-8,11H2,(H,21,23). The molecule has 0 bridgehead atoms. The summed E-state index contributed by atoms with van der Waals surface area (Å²) in [5.74, 6) is -0.880. The minimum Gasteiger partial charge on any atom is -0.323 e. The van der Waals surface area contributed by atoms with E-state index in [1.54, 1.807) is 12.1 Å². The van der Waals surface area contributed by atoms with E-state index in [0.29, 0.717) is 22.6 Å². The number of benzene rings is 1. The Morgan fingerprint density at radius 2 is 2.00 bits per heavy atom. The molecule has 1 fully saturated rings. The minimum absolute atomic E-state index is 0.0285. The number of halogens is 2. The lowest BCUT2D eigenvalue weighted by atomic mass is 10.3. The zero-order valence-corrected chi connectivity index (χ0v) is 17.4. The van der Waals surface area contributed by atoms with Crippen molar-refractivity contribution in [1.29, 1.82) is 0 Å². The van der Waals surface area contributed by atoms with E-state index in [1.807, 2.05) is 0 Å². The monoisotopic (exact) mass is 473 g/mol. The Kier molecular flexibility index (Phi) is 6.51. The summed E-state index contributed by atoms with van der Waals surface area (Å²) in [6.07, 6.45) is 3.05. The van der Waals surface area contributed by atoms with Crippen LogP contribution in [0.5, 0.6) is 0 Å². The number of nitrogens with zero attached hydrogens (tertiary/aromatic N) is 2. The van der Waals surface area contributed by atoms with Crippen LogP contribution in [0.1, 0.15) is 12.8 Å². The van der Waals surface area contributed by atoms with Crippen molar-refractivity contribution < 1.29 is 17.6 Å². The van der Waals surface area contributed by atoms with Crippen LogP contribution in [0.2, 0.25) is 0 Å². The molecule has 1 saturated heterocycles. The molecule has 0 saturated carbocycles. The largest absolute Gasteiger partial charge is 0.323 e. The molecule has 2 heterocycles. The Bertz CT molecular complexity index is 933. The summed E-state index contributed by atoms with van der Waals surface area (Å²) in [6.45, 7) is 1.07. The van der Waals surface area contributed by atoms with Gasteiger partial charge in [-0.05, 0) is 43.2 Å². The Morgan fingerprint density at radius 1 is 1.26 bits per heavy atom. The zero-order chi connectivity index (χ0) is 19.4. The fourth-order valence-electron chi connectivity index (χ4n) is 2.60. The van der Waals surface area contributed by atoms with Crippen molar-refractivity contribution in [3.05, 3.63) is 46.8 Å². The van der Waals surface area contributed by atoms with E-state index in [2.05, 4.69) is 26.2 Å². The molecule has 10 heteroatoms. The minimum atomic E-state index is -3.50. The van der Waals surface area contributed by atoms with Gasteiger partial charge >= 0.3 is 0 Å². The molecule has 27 heavy (non-hydrogen) atoms. The topological polar surface area (TPSA) is 79.4 Å². The fourth-order valence-corrected chi connectivity index (χ4v) is 5.04. The number of amides is 1. The van der Waals surface area contributed by atoms with Crippen LogP contribution in [-0.4, -0.2) is 42.5 Å². The lowest BCUT2D eigenvalue weighted by Gasteiger charge is -2.15. The quantitative estimate of drug-likeness (QED) is 0.649. The summed E-state index contributed by atoms with van der Waals surface area (Å²) in [4.78, 5) is 16.3. The summed E-state index contributed by atoms with van der Waals surface area (Å²) in [5, 5.41) is 3.01. The SMILES string of the molecule is O=C(CSc1ccc(S(=O)(=O)N2CCCC2)cn1)Nc1ccc(Br)cc1F. The van der Waals surface area contributed by atoms with Gasteiger partial charge in [0, 0.05) is 23.8 Å². The first-order valence-corrected chi connectivity index (χ1v) is 11.4. The van der Waals surface area contributed by atoms with Crippen LogP contribution in [-0.2, 0) is 14.8 Å². The number of hydrogen-bond donors (Lipinski definition) is 1. The van der Waals surface area contributed by atoms with E-state index in [9.17, 15) is 17.6 Å². The molecule has 0 atom stereocenters. The fraction of sp³-hybridized carbons (Fsp3) is 0.294. The Balaban J connectivity index is 1.57. The Labute approximate surface area is 169 Å². The van der Waals surface area contributed by atoms with Crippen molar-refractivity contribution in [2.45, 2.75) is 22.8 Å². The van der Waals surface area contributed by atoms with Gasteiger partial charge in [-0.1, -0.05) is 27.7 Å². The van der Waals surface area contributed by atoms with Gasteiger partial charge in [0.25, 0.3) is 0 Å². The number of hydrogen-bond acceptors (Lipinski definition) is 5. The van der Waals surface area contributed by atoms with Gasteiger partial charge in [-0.15, -0.1) is 0 Å². The number of carbonyl (C=O) groups is 1. The maximum Gasteiger partial charge on any atom is 0.244 e. The van der Waals surface area contributed by atoms with E-state index in [0.717, 1.165) is 24.6 Å². The van der Waals surface area contributed by atoms with Crippen molar-refractivity contribution in [3.8, 4) is 0 Å². The number of rotatable bonds is 6. The maximum atomic E-state index is 13.7. The molecule has 0 radical (unpaired) electrons. The van der Waals surface area contributed by atoms with Crippen LogP contribution >= 0.6 is 27.7 Å². The lowest BCUT2D eigenvalue weighted by molar-refractivity contribution is -0.113. The summed E-state index contributed by atoms with van der Waals surface area (Å²) < 4.78 is 40.7. The van der Waals surface area contributed by atoms with Crippen molar-refractivity contribution in [1.82, 2.24) is 9.29 Å². The van der Waals surface area contributed by atoms with Crippen molar-refractivity contribution >= 4 is 49.3 Å². The summed E-state index contributed by atoms with van der Waals surface area (Å²) >= 11 is 4.30. The van der Waals surface area contributed by atoms with Gasteiger partial charge in [0.05, 0.1) is 16.5 Å². The zero-order valence-electron chi connectivity index (χ0n) is 14.2. The van der Waals surface area contributed by atoms with Crippen LogP contribution in [0.3, 0.4) is 0 Å². The summed E-state index contributed by atoms with van der Waals surface area (Å²) in [6, 6.07) is 7.44. The van der Waals surface area contributed by atoms with Crippen LogP contribution in [0, 0.1) is 5.82 Å². The van der Waals surface area contributed by atoms with E-state index in [-0.39, 0.29) is 22.2 Å². The second-order valence-corrected chi connectivity index (χ2v) is 9.75. The highest BCUT2D eigenvalue weighted by Crippen LogP contribution is 2.23. The Morgan fingerprint density at radius 3 is 2.63 bits per heavy atom. The highest BCUT2D eigenvalue weighted by Gasteiger charge is 2.27. The molecule has 1 aliphatic heterocycles. The second kappa shape index (κ2) is 8.68. The lowest BCUT2D eigenvalue weighted by Crippen LogP contribution is -2.27. The van der Waals surface area contributed by atoms with E-state index in [4.69, 9.17) is 0 Å². The molecule has 0 unspecified atom stereocenters. The summed E-state index contributed by atoms with van der Waals surface area (Å²) in [5.41, 5.74) is 0.101. The molecule has 1 aromatic heterocycles. The van der Waals surface area contributed by atoms with Crippen molar-refractivity contribution in [2.24, 2.45) is 0 Å². The van der Waals surface area contributed by atoms with Crippen molar-refractivity contribution in [2.75, 3.05) is 24.2 Å². The number of aromatic nitrogens is 1. The highest BCUT2D eigenvalue weighted by atomic mass is 79.9. The van der Waals surface area contributed by atoms with Gasteiger partial charge < -0.3 is 5.32 Å². The predicted octanol–water partition coefficient (Wildman–Crippen LogP) is 3.50. The molecule has 2 aromatic rings. The first kappa shape index (κ1) is 20.2. The van der Waals surface area contributed by atoms with E-state index < -0.39 is 15.8 Å². The van der Waals surface area contributed by atoms with Gasteiger partial charge in [-0.25, -0.2) is 17.8 Å². The van der Waals surface area contributed by atoms with E-state index >= 15 is 0 Å². The normalized spacial score (nSPS) is 15.0. The van der Waals surface area contributed by atoms with Crippen LogP contribution < -0.4 is 5.32 Å². The average molecular weight is 474 g/mol. The number of thioether (sulfide) groups is 1. The van der Waals surface area contributed by atoms with Gasteiger partial charge in [0.2, 0.25) is 15.9 Å². The van der Waals surface area contributed by atoms with Gasteiger partial charge in [0.15, 0.2) is 0 Å². The molecule has 1 amide bonds. The number of pyridine rings is 1. The molecule has 0 spiro atoms. The van der Waals surface area contributed by atoms with E-state index in [1.165, 1.54) is 28.7 Å². The molecule has 6 nitrogen and oxygen atoms in total.